The van der Waals surface area contributed by atoms with Gasteiger partial charge in [-0.25, -0.2) is 4.39 Å². The van der Waals surface area contributed by atoms with Crippen LogP contribution in [0.1, 0.15) is 18.7 Å². The fourth-order valence-electron chi connectivity index (χ4n) is 1.72. The predicted molar refractivity (Wildman–Crippen MR) is 69.2 cm³/mol. The Kier molecular flexibility index (Phi) is 3.77. The molecule has 94 valence electrons. The highest BCUT2D eigenvalue weighted by molar-refractivity contribution is 5.57. The van der Waals surface area contributed by atoms with Gasteiger partial charge in [-0.1, -0.05) is 6.07 Å². The van der Waals surface area contributed by atoms with Crippen LogP contribution in [0.4, 0.5) is 10.1 Å². The first-order chi connectivity index (χ1) is 8.70. The van der Waals surface area contributed by atoms with E-state index in [4.69, 9.17) is 4.74 Å². The number of ether oxygens (including phenoxy) is 1. The van der Waals surface area contributed by atoms with Crippen molar-refractivity contribution in [1.29, 1.82) is 0 Å². The number of rotatable bonds is 4. The molecule has 0 radical (unpaired) electrons. The summed E-state index contributed by atoms with van der Waals surface area (Å²) in [6.45, 7) is 1.99. The Hall–Kier alpha value is -2.10. The molecular weight excluding hydrogens is 231 g/mol. The summed E-state index contributed by atoms with van der Waals surface area (Å²) >= 11 is 0. The minimum absolute atomic E-state index is 0.0190. The molecule has 2 rings (SSSR count). The van der Waals surface area contributed by atoms with Crippen molar-refractivity contribution >= 4 is 5.69 Å². The van der Waals surface area contributed by atoms with Crippen LogP contribution in [0.5, 0.6) is 5.75 Å². The SMILES string of the molecule is COc1cc(F)ccc1NC(C)c1ccccn1. The molecule has 18 heavy (non-hydrogen) atoms. The lowest BCUT2D eigenvalue weighted by Crippen LogP contribution is -2.09. The third-order valence-corrected chi connectivity index (χ3v) is 2.67. The Balaban J connectivity index is 2.19. The Morgan fingerprint density at radius 1 is 1.28 bits per heavy atom. The zero-order chi connectivity index (χ0) is 13.0. The molecule has 0 saturated carbocycles. The van der Waals surface area contributed by atoms with Crippen molar-refractivity contribution in [1.82, 2.24) is 4.98 Å². The van der Waals surface area contributed by atoms with Crippen LogP contribution in [0.2, 0.25) is 0 Å². The van der Waals surface area contributed by atoms with E-state index in [0.717, 1.165) is 11.4 Å². The quantitative estimate of drug-likeness (QED) is 0.897. The Bertz CT molecular complexity index is 516. The molecule has 4 heteroatoms. The lowest BCUT2D eigenvalue weighted by atomic mass is 10.2. The molecular formula is C14H15FN2O. The maximum Gasteiger partial charge on any atom is 0.144 e. The molecule has 0 aliphatic heterocycles. The van der Waals surface area contributed by atoms with Crippen LogP contribution < -0.4 is 10.1 Å². The molecule has 0 aliphatic rings. The van der Waals surface area contributed by atoms with Crippen molar-refractivity contribution < 1.29 is 9.13 Å². The van der Waals surface area contributed by atoms with E-state index in [1.807, 2.05) is 25.1 Å². The van der Waals surface area contributed by atoms with E-state index >= 15 is 0 Å². The van der Waals surface area contributed by atoms with Gasteiger partial charge in [0, 0.05) is 12.3 Å². The molecule has 1 aromatic carbocycles. The normalized spacial score (nSPS) is 11.9. The summed E-state index contributed by atoms with van der Waals surface area (Å²) in [7, 11) is 1.52. The van der Waals surface area contributed by atoms with Crippen LogP contribution in [0.3, 0.4) is 0 Å². The van der Waals surface area contributed by atoms with Crippen molar-refractivity contribution in [3.05, 3.63) is 54.1 Å². The molecule has 0 amide bonds. The van der Waals surface area contributed by atoms with Gasteiger partial charge in [-0.3, -0.25) is 4.98 Å². The summed E-state index contributed by atoms with van der Waals surface area (Å²) in [6, 6.07) is 10.2. The highest BCUT2D eigenvalue weighted by atomic mass is 19.1. The minimum Gasteiger partial charge on any atom is -0.494 e. The number of nitrogens with zero attached hydrogens (tertiary/aromatic N) is 1. The second-order valence-corrected chi connectivity index (χ2v) is 3.97. The Labute approximate surface area is 106 Å². The van der Waals surface area contributed by atoms with Gasteiger partial charge in [-0.05, 0) is 31.2 Å². The fourth-order valence-corrected chi connectivity index (χ4v) is 1.72. The average Bonchev–Trinajstić information content (AvgIpc) is 2.41. The van der Waals surface area contributed by atoms with Gasteiger partial charge in [-0.2, -0.15) is 0 Å². The van der Waals surface area contributed by atoms with Gasteiger partial charge in [0.1, 0.15) is 11.6 Å². The first-order valence-corrected chi connectivity index (χ1v) is 5.71. The summed E-state index contributed by atoms with van der Waals surface area (Å²) in [4.78, 5) is 4.27. The van der Waals surface area contributed by atoms with E-state index < -0.39 is 0 Å². The van der Waals surface area contributed by atoms with Gasteiger partial charge < -0.3 is 10.1 Å². The number of halogens is 1. The molecule has 1 unspecified atom stereocenters. The summed E-state index contributed by atoms with van der Waals surface area (Å²) in [5, 5.41) is 3.25. The molecule has 2 aromatic rings. The summed E-state index contributed by atoms with van der Waals surface area (Å²) in [6.07, 6.45) is 1.75. The zero-order valence-electron chi connectivity index (χ0n) is 10.4. The van der Waals surface area contributed by atoms with E-state index in [0.29, 0.717) is 5.75 Å². The van der Waals surface area contributed by atoms with Crippen LogP contribution in [-0.4, -0.2) is 12.1 Å². The molecule has 1 aromatic heterocycles. The number of anilines is 1. The molecule has 0 bridgehead atoms. The standard InChI is InChI=1S/C14H15FN2O/c1-10(12-5-3-4-8-16-12)17-13-7-6-11(15)9-14(13)18-2/h3-10,17H,1-2H3. The van der Waals surface area contributed by atoms with Gasteiger partial charge in [0.2, 0.25) is 0 Å². The molecule has 0 saturated heterocycles. The first-order valence-electron chi connectivity index (χ1n) is 5.71. The van der Waals surface area contributed by atoms with Crippen molar-refractivity contribution in [2.24, 2.45) is 0 Å². The summed E-state index contributed by atoms with van der Waals surface area (Å²) in [5.41, 5.74) is 1.67. The molecule has 1 N–H and O–H groups in total. The maximum absolute atomic E-state index is 13.1. The molecule has 3 nitrogen and oxygen atoms in total. The number of methoxy groups -OCH3 is 1. The number of hydrogen-bond acceptors (Lipinski definition) is 3. The van der Waals surface area contributed by atoms with Crippen molar-refractivity contribution in [2.75, 3.05) is 12.4 Å². The smallest absolute Gasteiger partial charge is 0.144 e. The molecule has 1 atom stereocenters. The van der Waals surface area contributed by atoms with Crippen LogP contribution in [0, 0.1) is 5.82 Å². The van der Waals surface area contributed by atoms with E-state index in [9.17, 15) is 4.39 Å². The van der Waals surface area contributed by atoms with Gasteiger partial charge in [0.05, 0.1) is 24.5 Å². The summed E-state index contributed by atoms with van der Waals surface area (Å²) < 4.78 is 18.2. The Morgan fingerprint density at radius 2 is 2.11 bits per heavy atom. The lowest BCUT2D eigenvalue weighted by molar-refractivity contribution is 0.412. The maximum atomic E-state index is 13.1. The predicted octanol–water partition coefficient (Wildman–Crippen LogP) is 3.40. The molecule has 0 fully saturated rings. The highest BCUT2D eigenvalue weighted by Crippen LogP contribution is 2.28. The molecule has 0 spiro atoms. The second kappa shape index (κ2) is 5.49. The number of hydrogen-bond donors (Lipinski definition) is 1. The van der Waals surface area contributed by atoms with Gasteiger partial charge in [0.25, 0.3) is 0 Å². The van der Waals surface area contributed by atoms with Gasteiger partial charge in [-0.15, -0.1) is 0 Å². The van der Waals surface area contributed by atoms with Crippen LogP contribution in [-0.2, 0) is 0 Å². The Morgan fingerprint density at radius 3 is 2.78 bits per heavy atom. The van der Waals surface area contributed by atoms with E-state index in [-0.39, 0.29) is 11.9 Å². The molecule has 1 heterocycles. The summed E-state index contributed by atoms with van der Waals surface area (Å²) in [5.74, 6) is 0.167. The lowest BCUT2D eigenvalue weighted by Gasteiger charge is -2.17. The molecule has 0 aliphatic carbocycles. The third-order valence-electron chi connectivity index (χ3n) is 2.67. The number of nitrogens with one attached hydrogen (secondary N) is 1. The van der Waals surface area contributed by atoms with Crippen LogP contribution in [0.15, 0.2) is 42.6 Å². The average molecular weight is 246 g/mol. The number of benzene rings is 1. The first kappa shape index (κ1) is 12.4. The van der Waals surface area contributed by atoms with Crippen LogP contribution >= 0.6 is 0 Å². The van der Waals surface area contributed by atoms with E-state index in [2.05, 4.69) is 10.3 Å². The van der Waals surface area contributed by atoms with E-state index in [1.54, 1.807) is 12.3 Å². The highest BCUT2D eigenvalue weighted by Gasteiger charge is 2.10. The third kappa shape index (κ3) is 2.77. The van der Waals surface area contributed by atoms with Gasteiger partial charge >= 0.3 is 0 Å². The topological polar surface area (TPSA) is 34.1 Å². The number of pyridine rings is 1. The van der Waals surface area contributed by atoms with Gasteiger partial charge in [0.15, 0.2) is 0 Å². The number of aromatic nitrogens is 1. The van der Waals surface area contributed by atoms with Crippen molar-refractivity contribution in [3.63, 3.8) is 0 Å². The monoisotopic (exact) mass is 246 g/mol. The van der Waals surface area contributed by atoms with Crippen molar-refractivity contribution in [2.45, 2.75) is 13.0 Å². The largest absolute Gasteiger partial charge is 0.494 e. The minimum atomic E-state index is -0.317. The van der Waals surface area contributed by atoms with Crippen LogP contribution in [0.25, 0.3) is 0 Å². The van der Waals surface area contributed by atoms with E-state index in [1.165, 1.54) is 19.2 Å². The zero-order valence-corrected chi connectivity index (χ0v) is 10.4. The van der Waals surface area contributed by atoms with Crippen molar-refractivity contribution in [3.8, 4) is 5.75 Å². The fraction of sp³-hybridized carbons (Fsp3) is 0.214. The second-order valence-electron chi connectivity index (χ2n) is 3.97.